The van der Waals surface area contributed by atoms with Gasteiger partial charge in [-0.1, -0.05) is 31.5 Å². The first-order valence-corrected chi connectivity index (χ1v) is 7.21. The fourth-order valence-electron chi connectivity index (χ4n) is 2.02. The Morgan fingerprint density at radius 2 is 2.05 bits per heavy atom. The van der Waals surface area contributed by atoms with Gasteiger partial charge in [-0.05, 0) is 25.5 Å². The summed E-state index contributed by atoms with van der Waals surface area (Å²) in [5.74, 6) is -0.0540. The third-order valence-corrected chi connectivity index (χ3v) is 3.00. The first-order valence-electron chi connectivity index (χ1n) is 7.21. The minimum atomic E-state index is -0.0540. The highest BCUT2D eigenvalue weighted by Crippen LogP contribution is 2.10. The maximum absolute atomic E-state index is 12.0. The van der Waals surface area contributed by atoms with Crippen LogP contribution in [0.5, 0.6) is 0 Å². The molecule has 4 nitrogen and oxygen atoms in total. The van der Waals surface area contributed by atoms with Crippen molar-refractivity contribution in [1.29, 1.82) is 0 Å². The molecule has 1 aromatic rings. The first-order chi connectivity index (χ1) is 9.66. The molecule has 1 atom stereocenters. The molecule has 0 aromatic heterocycles. The standard InChI is InChI=1S/C14H19NO3.C2H6/c1-10-3-4-13(11(2)7-10)14(16)15-8-12-9-17-5-6-18-12;1-2/h3-4,7,12H,5-6,8-9H2,1-2H3,(H,15,16);1-2H3. The minimum absolute atomic E-state index is 0.0338. The van der Waals surface area contributed by atoms with E-state index in [-0.39, 0.29) is 12.0 Å². The molecule has 1 aliphatic heterocycles. The van der Waals surface area contributed by atoms with Crippen LogP contribution in [0.3, 0.4) is 0 Å². The fourth-order valence-corrected chi connectivity index (χ4v) is 2.02. The summed E-state index contributed by atoms with van der Waals surface area (Å²) in [5.41, 5.74) is 2.87. The summed E-state index contributed by atoms with van der Waals surface area (Å²) < 4.78 is 10.8. The van der Waals surface area contributed by atoms with E-state index in [4.69, 9.17) is 9.47 Å². The van der Waals surface area contributed by atoms with Crippen LogP contribution >= 0.6 is 0 Å². The van der Waals surface area contributed by atoms with Gasteiger partial charge >= 0.3 is 0 Å². The van der Waals surface area contributed by atoms with Crippen molar-refractivity contribution in [3.05, 3.63) is 34.9 Å². The van der Waals surface area contributed by atoms with Gasteiger partial charge in [-0.3, -0.25) is 4.79 Å². The van der Waals surface area contributed by atoms with E-state index in [2.05, 4.69) is 5.32 Å². The number of rotatable bonds is 3. The van der Waals surface area contributed by atoms with Crippen LogP contribution in [0.15, 0.2) is 18.2 Å². The first kappa shape index (κ1) is 16.7. The van der Waals surface area contributed by atoms with Crippen LogP contribution in [0.4, 0.5) is 0 Å². The average Bonchev–Trinajstić information content (AvgIpc) is 2.48. The molecule has 0 aliphatic carbocycles. The highest BCUT2D eigenvalue weighted by Gasteiger charge is 2.16. The minimum Gasteiger partial charge on any atom is -0.376 e. The number of hydrogen-bond donors (Lipinski definition) is 1. The molecule has 20 heavy (non-hydrogen) atoms. The Bertz CT molecular complexity index is 426. The van der Waals surface area contributed by atoms with Gasteiger partial charge < -0.3 is 14.8 Å². The van der Waals surface area contributed by atoms with Gasteiger partial charge in [0, 0.05) is 12.1 Å². The van der Waals surface area contributed by atoms with Crippen LogP contribution in [0.2, 0.25) is 0 Å². The number of carbonyl (C=O) groups excluding carboxylic acids is 1. The lowest BCUT2D eigenvalue weighted by atomic mass is 10.1. The smallest absolute Gasteiger partial charge is 0.251 e. The quantitative estimate of drug-likeness (QED) is 0.924. The summed E-state index contributed by atoms with van der Waals surface area (Å²) >= 11 is 0. The molecule has 1 aromatic carbocycles. The molecule has 1 N–H and O–H groups in total. The third-order valence-electron chi connectivity index (χ3n) is 3.00. The zero-order chi connectivity index (χ0) is 15.0. The molecular formula is C16H25NO3. The van der Waals surface area contributed by atoms with Crippen LogP contribution in [0.1, 0.15) is 35.3 Å². The van der Waals surface area contributed by atoms with Crippen molar-refractivity contribution < 1.29 is 14.3 Å². The number of aryl methyl sites for hydroxylation is 2. The number of hydrogen-bond acceptors (Lipinski definition) is 3. The predicted octanol–water partition coefficient (Wildman–Crippen LogP) is 2.47. The van der Waals surface area contributed by atoms with Crippen molar-refractivity contribution in [2.24, 2.45) is 0 Å². The summed E-state index contributed by atoms with van der Waals surface area (Å²) in [4.78, 5) is 12.0. The molecule has 0 saturated carbocycles. The van der Waals surface area contributed by atoms with Gasteiger partial charge in [0.15, 0.2) is 0 Å². The van der Waals surface area contributed by atoms with Gasteiger partial charge in [-0.2, -0.15) is 0 Å². The van der Waals surface area contributed by atoms with Gasteiger partial charge in [0.2, 0.25) is 0 Å². The predicted molar refractivity (Wildman–Crippen MR) is 80.2 cm³/mol. The number of nitrogens with one attached hydrogen (secondary N) is 1. The highest BCUT2D eigenvalue weighted by atomic mass is 16.6. The molecule has 2 rings (SSSR count). The van der Waals surface area contributed by atoms with Crippen molar-refractivity contribution in [2.75, 3.05) is 26.4 Å². The molecule has 1 saturated heterocycles. The third kappa shape index (κ3) is 4.94. The highest BCUT2D eigenvalue weighted by molar-refractivity contribution is 5.95. The molecule has 0 radical (unpaired) electrons. The molecule has 4 heteroatoms. The van der Waals surface area contributed by atoms with Crippen molar-refractivity contribution >= 4 is 5.91 Å². The van der Waals surface area contributed by atoms with Crippen LogP contribution < -0.4 is 5.32 Å². The van der Waals surface area contributed by atoms with E-state index in [9.17, 15) is 4.79 Å². The Hall–Kier alpha value is -1.39. The van der Waals surface area contributed by atoms with E-state index in [1.54, 1.807) is 0 Å². The Kier molecular flexibility index (Phi) is 7.26. The number of ether oxygens (including phenoxy) is 2. The van der Waals surface area contributed by atoms with Gasteiger partial charge in [-0.15, -0.1) is 0 Å². The lowest BCUT2D eigenvalue weighted by Gasteiger charge is -2.23. The maximum Gasteiger partial charge on any atom is 0.251 e. The Labute approximate surface area is 121 Å². The SMILES string of the molecule is CC.Cc1ccc(C(=O)NCC2COCCO2)c(C)c1. The van der Waals surface area contributed by atoms with E-state index >= 15 is 0 Å². The fraction of sp³-hybridized carbons (Fsp3) is 0.562. The summed E-state index contributed by atoms with van der Waals surface area (Å²) in [7, 11) is 0. The maximum atomic E-state index is 12.0. The van der Waals surface area contributed by atoms with Crippen LogP contribution in [-0.2, 0) is 9.47 Å². The zero-order valence-corrected chi connectivity index (χ0v) is 12.9. The van der Waals surface area contributed by atoms with Crippen molar-refractivity contribution in [2.45, 2.75) is 33.8 Å². The zero-order valence-electron chi connectivity index (χ0n) is 12.9. The van der Waals surface area contributed by atoms with Gasteiger partial charge in [0.05, 0.1) is 25.9 Å². The van der Waals surface area contributed by atoms with Gasteiger partial charge in [-0.25, -0.2) is 0 Å². The summed E-state index contributed by atoms with van der Waals surface area (Å²) in [6.45, 7) is 10.2. The molecule has 1 aliphatic rings. The van der Waals surface area contributed by atoms with Crippen molar-refractivity contribution in [1.82, 2.24) is 5.32 Å². The van der Waals surface area contributed by atoms with Crippen LogP contribution in [-0.4, -0.2) is 38.4 Å². The average molecular weight is 279 g/mol. The molecule has 0 spiro atoms. The second kappa shape index (κ2) is 8.72. The second-order valence-electron chi connectivity index (χ2n) is 4.60. The Morgan fingerprint density at radius 3 is 2.65 bits per heavy atom. The van der Waals surface area contributed by atoms with E-state index in [1.807, 2.05) is 45.9 Å². The van der Waals surface area contributed by atoms with E-state index < -0.39 is 0 Å². The normalized spacial score (nSPS) is 17.9. The number of benzene rings is 1. The molecule has 1 amide bonds. The molecule has 1 fully saturated rings. The topological polar surface area (TPSA) is 47.6 Å². The molecule has 1 heterocycles. The van der Waals surface area contributed by atoms with Gasteiger partial charge in [0.1, 0.15) is 0 Å². The van der Waals surface area contributed by atoms with Crippen molar-refractivity contribution in [3.8, 4) is 0 Å². The number of carbonyl (C=O) groups is 1. The van der Waals surface area contributed by atoms with E-state index in [0.29, 0.717) is 26.4 Å². The van der Waals surface area contributed by atoms with E-state index in [0.717, 1.165) is 16.7 Å². The van der Waals surface area contributed by atoms with Crippen LogP contribution in [0, 0.1) is 13.8 Å². The lowest BCUT2D eigenvalue weighted by Crippen LogP contribution is -2.39. The largest absolute Gasteiger partial charge is 0.376 e. The Balaban J connectivity index is 0.000000956. The molecule has 112 valence electrons. The Morgan fingerprint density at radius 1 is 1.30 bits per heavy atom. The van der Waals surface area contributed by atoms with Gasteiger partial charge in [0.25, 0.3) is 5.91 Å². The molecule has 1 unspecified atom stereocenters. The lowest BCUT2D eigenvalue weighted by molar-refractivity contribution is -0.0855. The second-order valence-corrected chi connectivity index (χ2v) is 4.60. The summed E-state index contributed by atoms with van der Waals surface area (Å²) in [6, 6.07) is 5.81. The van der Waals surface area contributed by atoms with Crippen LogP contribution in [0.25, 0.3) is 0 Å². The monoisotopic (exact) mass is 279 g/mol. The molecule has 0 bridgehead atoms. The summed E-state index contributed by atoms with van der Waals surface area (Å²) in [5, 5.41) is 2.89. The summed E-state index contributed by atoms with van der Waals surface area (Å²) in [6.07, 6.45) is -0.0338. The van der Waals surface area contributed by atoms with Crippen molar-refractivity contribution in [3.63, 3.8) is 0 Å². The number of amides is 1. The van der Waals surface area contributed by atoms with E-state index in [1.165, 1.54) is 0 Å². The molecular weight excluding hydrogens is 254 g/mol.